The van der Waals surface area contributed by atoms with Crippen molar-refractivity contribution in [3.8, 4) is 0 Å². The molecule has 8 unspecified atom stereocenters. The van der Waals surface area contributed by atoms with E-state index in [9.17, 15) is 47.1 Å². The van der Waals surface area contributed by atoms with Gasteiger partial charge in [0.2, 0.25) is 5.95 Å². The van der Waals surface area contributed by atoms with Crippen LogP contribution in [0, 0.1) is 0 Å². The standard InChI is InChI=1S/C27H47N6O23P5/c1-29-27(35)52-17-4-7-45-20(17)12-49-57(2,36)53-18-5-8-46-21(18)13-50-58(3,37)54-19-6-9-47-22(19)14-51-60(40,41)56-61(42,43)55-59(38,39)48-11-10-44-16-33-15-30-23-24(33)31-26(28)32-25(23)34/h15,17-22H,4-14,16H2,1-3H3,(H,29,35)(H,38,39)(H,40,41)(H,42,43)(H3,28,31,32,34)/t17?,18?,19?,20-,21-,22-,57?,58?/m1/s1/i7T,8T,9T/t7-,8+,9+,17?,18?,19?,20+,21+,22+,57?,58?/m0. The zero-order chi connectivity index (χ0) is 47.3. The lowest BCUT2D eigenvalue weighted by atomic mass is 10.2. The molecular formula is C27H47N6O23P5. The lowest BCUT2D eigenvalue weighted by molar-refractivity contribution is -0.0147. The van der Waals surface area contributed by atoms with E-state index in [0.29, 0.717) is 0 Å². The van der Waals surface area contributed by atoms with Crippen molar-refractivity contribution in [2.24, 2.45) is 0 Å². The summed E-state index contributed by atoms with van der Waals surface area (Å²) < 4.78 is 155. The summed E-state index contributed by atoms with van der Waals surface area (Å²) in [6.07, 6.45) is -6.72. The minimum Gasteiger partial charge on any atom is -0.443 e. The molecular weight excluding hydrogens is 931 g/mol. The Hall–Kier alpha value is -2.03. The lowest BCUT2D eigenvalue weighted by Gasteiger charge is -2.27. The third kappa shape index (κ3) is 15.6. The minimum atomic E-state index is -5.90. The maximum Gasteiger partial charge on any atom is 0.490 e. The SMILES string of the molecule is [3H][C@@H]1CC(OP(C)(=O)OC[C@H]2O[C@@H]([3H])CC2OC(=O)NC)[C@@H](COP(C)(=O)OC2C[C@@H]([3H])O[C@@H]2COP(=O)(O)OP(=O)(O)OP(=O)(O)OCCOCn2cnc3c(=O)[nH]c(N)nc32)O1. The van der Waals surface area contributed by atoms with Gasteiger partial charge >= 0.3 is 44.8 Å². The van der Waals surface area contributed by atoms with Crippen LogP contribution in [-0.2, 0) is 89.0 Å². The molecule has 0 aliphatic carbocycles. The number of carbonyl (C=O) groups is 1. The number of phosphoric acid groups is 3. The van der Waals surface area contributed by atoms with Crippen molar-refractivity contribution in [2.45, 2.75) is 62.6 Å². The molecule has 348 valence electrons. The number of amides is 1. The molecule has 2 aromatic rings. The topological polar surface area (TPSA) is 385 Å². The molecule has 34 heteroatoms. The molecule has 0 radical (unpaired) electrons. The number of anilines is 1. The summed E-state index contributed by atoms with van der Waals surface area (Å²) in [5.41, 5.74) is 4.93. The van der Waals surface area contributed by atoms with Crippen molar-refractivity contribution >= 4 is 61.9 Å². The first-order valence-corrected chi connectivity index (χ1v) is 26.1. The van der Waals surface area contributed by atoms with Crippen molar-refractivity contribution in [1.82, 2.24) is 24.8 Å². The third-order valence-corrected chi connectivity index (χ3v) is 15.0. The highest BCUT2D eigenvalue weighted by Crippen LogP contribution is 2.67. The predicted molar refractivity (Wildman–Crippen MR) is 203 cm³/mol. The fourth-order valence-electron chi connectivity index (χ4n) is 5.42. The van der Waals surface area contributed by atoms with E-state index in [4.69, 9.17) is 56.1 Å². The van der Waals surface area contributed by atoms with E-state index in [1.165, 1.54) is 17.9 Å². The number of ether oxygens (including phenoxy) is 5. The molecule has 2 aromatic heterocycles. The van der Waals surface area contributed by atoms with Gasteiger partial charge in [-0.15, -0.1) is 0 Å². The number of hydrogen-bond donors (Lipinski definition) is 6. The maximum absolute atomic E-state index is 13.4. The summed E-state index contributed by atoms with van der Waals surface area (Å²) in [4.78, 5) is 63.6. The van der Waals surface area contributed by atoms with E-state index >= 15 is 0 Å². The lowest BCUT2D eigenvalue weighted by Crippen LogP contribution is -2.34. The second-order valence-corrected chi connectivity index (χ2v) is 21.6. The molecule has 14 atom stereocenters. The van der Waals surface area contributed by atoms with Crippen LogP contribution in [0.4, 0.5) is 10.7 Å². The Morgan fingerprint density at radius 2 is 1.36 bits per heavy atom. The molecule has 0 aromatic carbocycles. The zero-order valence-electron chi connectivity index (χ0n) is 35.3. The molecule has 29 nitrogen and oxygen atoms in total. The Bertz CT molecular complexity index is 2250. The number of aromatic amines is 1. The summed E-state index contributed by atoms with van der Waals surface area (Å²) in [5.74, 6) is -0.194. The number of aromatic nitrogens is 4. The number of rotatable bonds is 24. The summed E-state index contributed by atoms with van der Waals surface area (Å²) in [6.45, 7) is -4.81. The van der Waals surface area contributed by atoms with Crippen LogP contribution in [0.2, 0.25) is 0 Å². The number of nitrogens with one attached hydrogen (secondary N) is 2. The quantitative estimate of drug-likeness (QED) is 0.0642. The number of nitrogens with zero attached hydrogens (tertiary/aromatic N) is 3. The molecule has 3 aliphatic heterocycles. The molecule has 1 amide bonds. The number of carbonyl (C=O) groups excluding carboxylic acids is 1. The molecule has 0 saturated carbocycles. The van der Waals surface area contributed by atoms with Crippen LogP contribution in [0.5, 0.6) is 0 Å². The Kier molecular flexibility index (Phi) is 15.9. The molecule has 3 fully saturated rings. The van der Waals surface area contributed by atoms with Gasteiger partial charge in [-0.05, 0) is 0 Å². The van der Waals surface area contributed by atoms with Crippen LogP contribution < -0.4 is 16.6 Å². The molecule has 7 N–H and O–H groups in total. The second-order valence-electron chi connectivity index (χ2n) is 12.9. The van der Waals surface area contributed by atoms with Crippen molar-refractivity contribution in [2.75, 3.05) is 78.9 Å². The van der Waals surface area contributed by atoms with Crippen LogP contribution in [0.1, 0.15) is 23.4 Å². The van der Waals surface area contributed by atoms with Crippen molar-refractivity contribution < 1.29 is 106 Å². The van der Waals surface area contributed by atoms with Gasteiger partial charge in [-0.25, -0.2) is 23.5 Å². The van der Waals surface area contributed by atoms with Gasteiger partial charge in [0.25, 0.3) is 5.56 Å². The van der Waals surface area contributed by atoms with E-state index in [2.05, 4.69) is 33.4 Å². The number of nitrogen functional groups attached to an aromatic ring is 1. The molecule has 5 rings (SSSR count). The van der Waals surface area contributed by atoms with Crippen molar-refractivity contribution in [3.63, 3.8) is 0 Å². The van der Waals surface area contributed by atoms with Gasteiger partial charge < -0.3 is 67.5 Å². The predicted octanol–water partition coefficient (Wildman–Crippen LogP) is 1.58. The zero-order valence-corrected chi connectivity index (χ0v) is 36.8. The summed E-state index contributed by atoms with van der Waals surface area (Å²) >= 11 is 0. The Balaban J connectivity index is 1.05. The normalized spacial score (nSPS) is 32.4. The molecule has 61 heavy (non-hydrogen) atoms. The monoisotopic (exact) mass is 984 g/mol. The summed E-state index contributed by atoms with van der Waals surface area (Å²) in [6, 6.07) is 0. The first-order chi connectivity index (χ1) is 29.7. The van der Waals surface area contributed by atoms with Crippen molar-refractivity contribution in [1.29, 1.82) is 0 Å². The molecule has 3 aliphatic rings. The Labute approximate surface area is 350 Å². The smallest absolute Gasteiger partial charge is 0.443 e. The van der Waals surface area contributed by atoms with E-state index < -0.39 is 133 Å². The van der Waals surface area contributed by atoms with Gasteiger partial charge in [-0.2, -0.15) is 13.6 Å². The number of imidazole rings is 1. The Morgan fingerprint density at radius 1 is 0.852 bits per heavy atom. The number of H-pyrrole nitrogens is 1. The van der Waals surface area contributed by atoms with Crippen LogP contribution >= 0.6 is 38.7 Å². The second kappa shape index (κ2) is 21.3. The number of hydrogen-bond acceptors (Lipinski definition) is 23. The summed E-state index contributed by atoms with van der Waals surface area (Å²) in [7, 11) is -23.7. The highest BCUT2D eigenvalue weighted by atomic mass is 31.3. The van der Waals surface area contributed by atoms with E-state index in [1.54, 1.807) is 0 Å². The first-order valence-electron chi connectivity index (χ1n) is 19.4. The van der Waals surface area contributed by atoms with Crippen LogP contribution in [0.3, 0.4) is 0 Å². The number of fused-ring (bicyclic) bond motifs is 1. The number of alkyl carbamates (subject to hydrolysis) is 1. The fraction of sp³-hybridized carbons (Fsp3) is 0.778. The fourth-order valence-corrected chi connectivity index (χ4v) is 11.3. The van der Waals surface area contributed by atoms with Gasteiger partial charge in [-0.1, -0.05) is 0 Å². The van der Waals surface area contributed by atoms with Gasteiger partial charge in [0.1, 0.15) is 31.1 Å². The Morgan fingerprint density at radius 3 is 1.92 bits per heavy atom. The molecule has 0 bridgehead atoms. The average molecular weight is 985 g/mol. The van der Waals surface area contributed by atoms with Gasteiger partial charge in [-0.3, -0.25) is 32.5 Å². The largest absolute Gasteiger partial charge is 0.490 e. The van der Waals surface area contributed by atoms with E-state index in [-0.39, 0.29) is 49.7 Å². The van der Waals surface area contributed by atoms with Crippen molar-refractivity contribution in [3.05, 3.63) is 16.7 Å². The average Bonchev–Trinajstić information content (AvgIpc) is 3.92. The molecule has 0 spiro atoms. The maximum atomic E-state index is 13.4. The first kappa shape index (κ1) is 45.5. The number of phosphoric ester groups is 2. The van der Waals surface area contributed by atoms with Gasteiger partial charge in [0.05, 0.1) is 62.3 Å². The highest BCUT2D eigenvalue weighted by molar-refractivity contribution is 7.66. The molecule has 5 heterocycles. The van der Waals surface area contributed by atoms with Gasteiger partial charge in [0.15, 0.2) is 11.2 Å². The highest BCUT2D eigenvalue weighted by Gasteiger charge is 2.44. The molecule has 3 saturated heterocycles. The van der Waals surface area contributed by atoms with Crippen LogP contribution in [0.15, 0.2) is 11.1 Å². The van der Waals surface area contributed by atoms with E-state index in [1.807, 2.05) is 0 Å². The third-order valence-electron chi connectivity index (χ3n) is 8.13. The minimum absolute atomic E-state index is 0.0391. The van der Waals surface area contributed by atoms with Crippen LogP contribution in [-0.4, -0.2) is 150 Å². The number of nitrogens with two attached hydrogens (primary N) is 1. The summed E-state index contributed by atoms with van der Waals surface area (Å²) in [5, 5.41) is 2.28. The van der Waals surface area contributed by atoms with E-state index in [0.717, 1.165) is 13.3 Å². The van der Waals surface area contributed by atoms with Gasteiger partial charge in [0, 0.05) is 52.8 Å². The van der Waals surface area contributed by atoms with Crippen LogP contribution in [0.25, 0.3) is 11.2 Å².